The molecule has 0 amide bonds. The number of benzene rings is 1. The quantitative estimate of drug-likeness (QED) is 0.774. The van der Waals surface area contributed by atoms with Crippen LogP contribution in [-0.4, -0.2) is 17.0 Å². The Morgan fingerprint density at radius 1 is 1.14 bits per heavy atom. The number of para-hydroxylation sites is 1. The Hall–Kier alpha value is -2.36. The van der Waals surface area contributed by atoms with Crippen molar-refractivity contribution in [3.8, 4) is 11.5 Å². The fourth-order valence-corrected chi connectivity index (χ4v) is 2.37. The maximum Gasteiger partial charge on any atom is 0.154 e. The summed E-state index contributed by atoms with van der Waals surface area (Å²) in [6.07, 6.45) is 0. The molecular weight excluding hydrogens is 262 g/mol. The van der Waals surface area contributed by atoms with E-state index in [0.29, 0.717) is 0 Å². The summed E-state index contributed by atoms with van der Waals surface area (Å²) < 4.78 is 5.95. The van der Waals surface area contributed by atoms with Gasteiger partial charge in [-0.2, -0.15) is 0 Å². The fourth-order valence-electron chi connectivity index (χ4n) is 2.37. The number of nitrogens with one attached hydrogen (secondary N) is 1. The van der Waals surface area contributed by atoms with Crippen LogP contribution in [0.2, 0.25) is 0 Å². The van der Waals surface area contributed by atoms with Crippen LogP contribution in [0.25, 0.3) is 22.4 Å². The van der Waals surface area contributed by atoms with E-state index >= 15 is 0 Å². The highest BCUT2D eigenvalue weighted by Gasteiger charge is 2.16. The van der Waals surface area contributed by atoms with Gasteiger partial charge in [0.2, 0.25) is 0 Å². The first-order chi connectivity index (χ1) is 10.1. The van der Waals surface area contributed by atoms with E-state index < -0.39 is 0 Å². The smallest absolute Gasteiger partial charge is 0.154 e. The van der Waals surface area contributed by atoms with Crippen LogP contribution in [0.5, 0.6) is 0 Å². The first-order valence-corrected chi connectivity index (χ1v) is 7.15. The summed E-state index contributed by atoms with van der Waals surface area (Å²) in [5, 5.41) is 4.23. The third-order valence-corrected chi connectivity index (χ3v) is 3.58. The standard InChI is InChI=1S/C17H19N3O/c1-10(2)16-19-15(11(3)17(18-4)20-16)14-9-12-7-5-6-8-13(12)21-14/h5-10H,1-4H3,(H,18,19,20). The van der Waals surface area contributed by atoms with Crippen molar-refractivity contribution in [2.75, 3.05) is 12.4 Å². The van der Waals surface area contributed by atoms with Crippen molar-refractivity contribution >= 4 is 16.8 Å². The minimum absolute atomic E-state index is 0.265. The van der Waals surface area contributed by atoms with Gasteiger partial charge in [-0.1, -0.05) is 32.0 Å². The highest BCUT2D eigenvalue weighted by Crippen LogP contribution is 2.31. The molecule has 0 aliphatic carbocycles. The SMILES string of the molecule is CNc1nc(C(C)C)nc(-c2cc3ccccc3o2)c1C. The van der Waals surface area contributed by atoms with Crippen LogP contribution in [0.15, 0.2) is 34.7 Å². The molecule has 0 aliphatic heterocycles. The highest BCUT2D eigenvalue weighted by molar-refractivity contribution is 5.83. The first-order valence-electron chi connectivity index (χ1n) is 7.15. The van der Waals surface area contributed by atoms with Crippen LogP contribution in [0, 0.1) is 6.92 Å². The molecule has 0 saturated heterocycles. The van der Waals surface area contributed by atoms with Gasteiger partial charge in [0.15, 0.2) is 5.76 Å². The van der Waals surface area contributed by atoms with E-state index in [9.17, 15) is 0 Å². The predicted octanol–water partition coefficient (Wildman–Crippen LogP) is 4.36. The van der Waals surface area contributed by atoms with Crippen molar-refractivity contribution < 1.29 is 4.42 Å². The zero-order chi connectivity index (χ0) is 15.0. The molecule has 108 valence electrons. The van der Waals surface area contributed by atoms with Crippen LogP contribution < -0.4 is 5.32 Å². The van der Waals surface area contributed by atoms with E-state index in [2.05, 4.69) is 24.1 Å². The maximum atomic E-state index is 5.95. The highest BCUT2D eigenvalue weighted by atomic mass is 16.3. The second-order valence-corrected chi connectivity index (χ2v) is 5.46. The fraction of sp³-hybridized carbons (Fsp3) is 0.294. The topological polar surface area (TPSA) is 51.0 Å². The van der Waals surface area contributed by atoms with E-state index in [1.807, 2.05) is 44.3 Å². The van der Waals surface area contributed by atoms with Gasteiger partial charge in [0.1, 0.15) is 22.9 Å². The Kier molecular flexibility index (Phi) is 3.37. The number of furan rings is 1. The second kappa shape index (κ2) is 5.20. The van der Waals surface area contributed by atoms with E-state index in [1.165, 1.54) is 0 Å². The van der Waals surface area contributed by atoms with Gasteiger partial charge in [0.05, 0.1) is 0 Å². The van der Waals surface area contributed by atoms with Crippen molar-refractivity contribution in [3.05, 3.63) is 41.7 Å². The van der Waals surface area contributed by atoms with Crippen LogP contribution in [0.1, 0.15) is 31.2 Å². The van der Waals surface area contributed by atoms with Gasteiger partial charge in [-0.05, 0) is 19.1 Å². The van der Waals surface area contributed by atoms with E-state index in [-0.39, 0.29) is 5.92 Å². The van der Waals surface area contributed by atoms with Crippen LogP contribution in [-0.2, 0) is 0 Å². The minimum atomic E-state index is 0.265. The van der Waals surface area contributed by atoms with Crippen LogP contribution in [0.4, 0.5) is 5.82 Å². The van der Waals surface area contributed by atoms with Gasteiger partial charge in [0.25, 0.3) is 0 Å². The molecule has 0 saturated carbocycles. The summed E-state index contributed by atoms with van der Waals surface area (Å²) >= 11 is 0. The van der Waals surface area contributed by atoms with E-state index in [0.717, 1.165) is 39.6 Å². The van der Waals surface area contributed by atoms with Crippen LogP contribution >= 0.6 is 0 Å². The van der Waals surface area contributed by atoms with Gasteiger partial charge >= 0.3 is 0 Å². The van der Waals surface area contributed by atoms with Gasteiger partial charge in [-0.25, -0.2) is 9.97 Å². The van der Waals surface area contributed by atoms with Gasteiger partial charge in [-0.15, -0.1) is 0 Å². The third kappa shape index (κ3) is 2.37. The molecule has 0 bridgehead atoms. The van der Waals surface area contributed by atoms with Gasteiger partial charge < -0.3 is 9.73 Å². The Balaban J connectivity index is 2.22. The van der Waals surface area contributed by atoms with Crippen molar-refractivity contribution in [3.63, 3.8) is 0 Å². The number of rotatable bonds is 3. The third-order valence-electron chi connectivity index (χ3n) is 3.58. The second-order valence-electron chi connectivity index (χ2n) is 5.46. The summed E-state index contributed by atoms with van der Waals surface area (Å²) in [5.41, 5.74) is 2.73. The predicted molar refractivity (Wildman–Crippen MR) is 85.6 cm³/mol. The molecule has 0 spiro atoms. The van der Waals surface area contributed by atoms with E-state index in [4.69, 9.17) is 9.40 Å². The molecule has 0 radical (unpaired) electrons. The molecular formula is C17H19N3O. The Bertz CT molecular complexity index is 757. The zero-order valence-electron chi connectivity index (χ0n) is 12.8. The minimum Gasteiger partial charge on any atom is -0.454 e. The molecule has 4 nitrogen and oxygen atoms in total. The number of aromatic nitrogens is 2. The van der Waals surface area contributed by atoms with Crippen molar-refractivity contribution in [2.45, 2.75) is 26.7 Å². The number of nitrogens with zero attached hydrogens (tertiary/aromatic N) is 2. The van der Waals surface area contributed by atoms with Crippen molar-refractivity contribution in [1.82, 2.24) is 9.97 Å². The first kappa shape index (κ1) is 13.6. The molecule has 1 N–H and O–H groups in total. The van der Waals surface area contributed by atoms with E-state index in [1.54, 1.807) is 0 Å². The number of hydrogen-bond donors (Lipinski definition) is 1. The molecule has 4 heteroatoms. The summed E-state index contributed by atoms with van der Waals surface area (Å²) in [7, 11) is 1.88. The summed E-state index contributed by atoms with van der Waals surface area (Å²) in [6, 6.07) is 10.0. The van der Waals surface area contributed by atoms with Gasteiger partial charge in [-0.3, -0.25) is 0 Å². The summed E-state index contributed by atoms with van der Waals surface area (Å²) in [4.78, 5) is 9.27. The summed E-state index contributed by atoms with van der Waals surface area (Å²) in [6.45, 7) is 6.19. The molecule has 21 heavy (non-hydrogen) atoms. The number of anilines is 1. The monoisotopic (exact) mass is 281 g/mol. The largest absolute Gasteiger partial charge is 0.454 e. The molecule has 3 aromatic rings. The lowest BCUT2D eigenvalue weighted by atomic mass is 10.1. The molecule has 0 aliphatic rings. The van der Waals surface area contributed by atoms with Crippen molar-refractivity contribution in [2.24, 2.45) is 0 Å². The lowest BCUT2D eigenvalue weighted by molar-refractivity contribution is 0.625. The molecule has 3 rings (SSSR count). The lowest BCUT2D eigenvalue weighted by Crippen LogP contribution is -2.06. The molecule has 1 aromatic carbocycles. The normalized spacial score (nSPS) is 11.3. The average Bonchev–Trinajstić information content (AvgIpc) is 2.90. The number of fused-ring (bicyclic) bond motifs is 1. The molecule has 2 aromatic heterocycles. The number of hydrogen-bond acceptors (Lipinski definition) is 4. The van der Waals surface area contributed by atoms with Crippen LogP contribution in [0.3, 0.4) is 0 Å². The van der Waals surface area contributed by atoms with Crippen molar-refractivity contribution in [1.29, 1.82) is 0 Å². The maximum absolute atomic E-state index is 5.95. The molecule has 0 fully saturated rings. The lowest BCUT2D eigenvalue weighted by Gasteiger charge is -2.12. The molecule has 2 heterocycles. The summed E-state index contributed by atoms with van der Waals surface area (Å²) in [5.74, 6) is 2.72. The Labute approximate surface area is 124 Å². The average molecular weight is 281 g/mol. The Morgan fingerprint density at radius 2 is 1.90 bits per heavy atom. The Morgan fingerprint density at radius 3 is 2.57 bits per heavy atom. The molecule has 0 atom stereocenters. The van der Waals surface area contributed by atoms with Gasteiger partial charge in [0, 0.05) is 23.9 Å². The zero-order valence-corrected chi connectivity index (χ0v) is 12.8. The molecule has 0 unspecified atom stereocenters.